The molecule has 7 nitrogen and oxygen atoms in total. The Labute approximate surface area is 172 Å². The molecule has 1 heterocycles. The van der Waals surface area contributed by atoms with Gasteiger partial charge in [0.2, 0.25) is 17.7 Å². The SMILES string of the molecule is CC(C)CC(=O)NC(C(=O)N1CCN(CC(=O)NC2CC2)CC1)c1ccccc1. The lowest BCUT2D eigenvalue weighted by Gasteiger charge is -2.36. The minimum absolute atomic E-state index is 0.0652. The van der Waals surface area contributed by atoms with Crippen LogP contribution in [0.4, 0.5) is 0 Å². The van der Waals surface area contributed by atoms with E-state index in [1.54, 1.807) is 4.90 Å². The van der Waals surface area contributed by atoms with Crippen LogP contribution in [0.2, 0.25) is 0 Å². The third kappa shape index (κ3) is 6.56. The van der Waals surface area contributed by atoms with E-state index in [0.29, 0.717) is 45.2 Å². The smallest absolute Gasteiger partial charge is 0.249 e. The highest BCUT2D eigenvalue weighted by Crippen LogP contribution is 2.19. The fraction of sp³-hybridized carbons (Fsp3) is 0.591. The van der Waals surface area contributed by atoms with Crippen LogP contribution in [0, 0.1) is 5.92 Å². The molecular formula is C22H32N4O3. The fourth-order valence-corrected chi connectivity index (χ4v) is 3.54. The second kappa shape index (κ2) is 9.87. The lowest BCUT2D eigenvalue weighted by Crippen LogP contribution is -2.53. The maximum absolute atomic E-state index is 13.2. The molecule has 1 atom stereocenters. The maximum atomic E-state index is 13.2. The number of hydrogen-bond acceptors (Lipinski definition) is 4. The Balaban J connectivity index is 1.57. The maximum Gasteiger partial charge on any atom is 0.249 e. The average molecular weight is 401 g/mol. The van der Waals surface area contributed by atoms with Gasteiger partial charge in [-0.15, -0.1) is 0 Å². The van der Waals surface area contributed by atoms with Crippen LogP contribution in [0.25, 0.3) is 0 Å². The summed E-state index contributed by atoms with van der Waals surface area (Å²) in [7, 11) is 0. The molecule has 1 saturated heterocycles. The Hall–Kier alpha value is -2.41. The summed E-state index contributed by atoms with van der Waals surface area (Å²) in [5, 5.41) is 5.93. The normalized spacial score (nSPS) is 18.4. The van der Waals surface area contributed by atoms with Crippen molar-refractivity contribution in [3.05, 3.63) is 35.9 Å². The van der Waals surface area contributed by atoms with Gasteiger partial charge in [-0.25, -0.2) is 0 Å². The Kier molecular flexibility index (Phi) is 7.25. The molecule has 0 radical (unpaired) electrons. The summed E-state index contributed by atoms with van der Waals surface area (Å²) in [6.45, 7) is 6.77. The predicted molar refractivity (Wildman–Crippen MR) is 111 cm³/mol. The number of hydrogen-bond donors (Lipinski definition) is 2. The summed E-state index contributed by atoms with van der Waals surface area (Å²) in [5.41, 5.74) is 0.792. The molecule has 3 amide bonds. The standard InChI is InChI=1S/C22H32N4O3/c1-16(2)14-19(27)24-21(17-6-4-3-5-7-17)22(29)26-12-10-25(11-13-26)15-20(28)23-18-8-9-18/h3-7,16,18,21H,8-15H2,1-2H3,(H,23,28)(H,24,27). The Morgan fingerprint density at radius 1 is 1.00 bits per heavy atom. The van der Waals surface area contributed by atoms with Crippen molar-refractivity contribution in [1.29, 1.82) is 0 Å². The molecule has 29 heavy (non-hydrogen) atoms. The van der Waals surface area contributed by atoms with Crippen molar-refractivity contribution in [3.8, 4) is 0 Å². The minimum atomic E-state index is -0.674. The second-order valence-corrected chi connectivity index (χ2v) is 8.45. The summed E-state index contributed by atoms with van der Waals surface area (Å²) in [4.78, 5) is 41.4. The number of benzene rings is 1. The molecule has 1 aliphatic carbocycles. The molecule has 2 aliphatic rings. The quantitative estimate of drug-likeness (QED) is 0.689. The Morgan fingerprint density at radius 3 is 2.24 bits per heavy atom. The molecule has 7 heteroatoms. The largest absolute Gasteiger partial charge is 0.352 e. The molecule has 1 aliphatic heterocycles. The van der Waals surface area contributed by atoms with Crippen molar-refractivity contribution in [1.82, 2.24) is 20.4 Å². The third-order valence-electron chi connectivity index (χ3n) is 5.27. The first kappa shape index (κ1) is 21.3. The lowest BCUT2D eigenvalue weighted by atomic mass is 10.0. The zero-order valence-electron chi connectivity index (χ0n) is 17.4. The number of carbonyl (C=O) groups is 3. The van der Waals surface area contributed by atoms with Gasteiger partial charge in [-0.2, -0.15) is 0 Å². The molecule has 1 aromatic rings. The topological polar surface area (TPSA) is 81.8 Å². The van der Waals surface area contributed by atoms with Crippen LogP contribution in [0.5, 0.6) is 0 Å². The highest BCUT2D eigenvalue weighted by atomic mass is 16.2. The number of nitrogens with one attached hydrogen (secondary N) is 2. The van der Waals surface area contributed by atoms with Crippen LogP contribution >= 0.6 is 0 Å². The van der Waals surface area contributed by atoms with Crippen LogP contribution in [-0.4, -0.2) is 66.3 Å². The molecule has 2 fully saturated rings. The molecule has 158 valence electrons. The summed E-state index contributed by atoms with van der Waals surface area (Å²) in [5.74, 6) is 0.0928. The van der Waals surface area contributed by atoms with E-state index in [2.05, 4.69) is 15.5 Å². The summed E-state index contributed by atoms with van der Waals surface area (Å²) in [6.07, 6.45) is 2.55. The average Bonchev–Trinajstić information content (AvgIpc) is 3.50. The molecule has 0 bridgehead atoms. The van der Waals surface area contributed by atoms with Crippen molar-refractivity contribution in [2.24, 2.45) is 5.92 Å². The number of piperazine rings is 1. The highest BCUT2D eigenvalue weighted by molar-refractivity contribution is 5.89. The number of amides is 3. The van der Waals surface area contributed by atoms with Crippen LogP contribution < -0.4 is 10.6 Å². The zero-order valence-corrected chi connectivity index (χ0v) is 17.4. The molecule has 1 saturated carbocycles. The van der Waals surface area contributed by atoms with Gasteiger partial charge in [-0.3, -0.25) is 19.3 Å². The van der Waals surface area contributed by atoms with Gasteiger partial charge in [0.1, 0.15) is 6.04 Å². The van der Waals surface area contributed by atoms with E-state index in [1.165, 1.54) is 0 Å². The van der Waals surface area contributed by atoms with Crippen LogP contribution in [-0.2, 0) is 14.4 Å². The predicted octanol–water partition coefficient (Wildman–Crippen LogP) is 1.31. The summed E-state index contributed by atoms with van der Waals surface area (Å²) >= 11 is 0. The van der Waals surface area contributed by atoms with E-state index in [4.69, 9.17) is 0 Å². The van der Waals surface area contributed by atoms with Gasteiger partial charge < -0.3 is 15.5 Å². The number of carbonyl (C=O) groups excluding carboxylic acids is 3. The Morgan fingerprint density at radius 2 is 1.66 bits per heavy atom. The van der Waals surface area contributed by atoms with Crippen molar-refractivity contribution in [2.45, 2.75) is 45.2 Å². The number of rotatable bonds is 8. The zero-order chi connectivity index (χ0) is 20.8. The first-order chi connectivity index (χ1) is 13.9. The van der Waals surface area contributed by atoms with E-state index in [-0.39, 0.29) is 23.6 Å². The van der Waals surface area contributed by atoms with Crippen molar-refractivity contribution in [3.63, 3.8) is 0 Å². The molecule has 0 aromatic heterocycles. The van der Waals surface area contributed by atoms with Crippen molar-refractivity contribution >= 4 is 17.7 Å². The van der Waals surface area contributed by atoms with E-state index >= 15 is 0 Å². The van der Waals surface area contributed by atoms with E-state index in [0.717, 1.165) is 18.4 Å². The molecule has 3 rings (SSSR count). The first-order valence-corrected chi connectivity index (χ1v) is 10.6. The second-order valence-electron chi connectivity index (χ2n) is 8.45. The molecule has 1 aromatic carbocycles. The Bertz CT molecular complexity index is 710. The van der Waals surface area contributed by atoms with E-state index in [1.807, 2.05) is 44.2 Å². The van der Waals surface area contributed by atoms with Gasteiger partial charge >= 0.3 is 0 Å². The van der Waals surface area contributed by atoms with Crippen LogP contribution in [0.1, 0.15) is 44.7 Å². The van der Waals surface area contributed by atoms with E-state index < -0.39 is 6.04 Å². The summed E-state index contributed by atoms with van der Waals surface area (Å²) < 4.78 is 0. The van der Waals surface area contributed by atoms with Gasteiger partial charge in [-0.05, 0) is 24.3 Å². The van der Waals surface area contributed by atoms with Gasteiger partial charge in [-0.1, -0.05) is 44.2 Å². The molecule has 1 unspecified atom stereocenters. The van der Waals surface area contributed by atoms with Gasteiger partial charge in [0.05, 0.1) is 6.54 Å². The van der Waals surface area contributed by atoms with E-state index in [9.17, 15) is 14.4 Å². The number of nitrogens with zero attached hydrogens (tertiary/aromatic N) is 2. The van der Waals surface area contributed by atoms with Crippen LogP contribution in [0.3, 0.4) is 0 Å². The van der Waals surface area contributed by atoms with Gasteiger partial charge in [0.15, 0.2) is 0 Å². The van der Waals surface area contributed by atoms with Crippen molar-refractivity contribution < 1.29 is 14.4 Å². The van der Waals surface area contributed by atoms with Crippen molar-refractivity contribution in [2.75, 3.05) is 32.7 Å². The minimum Gasteiger partial charge on any atom is -0.352 e. The lowest BCUT2D eigenvalue weighted by molar-refractivity contribution is -0.138. The van der Waals surface area contributed by atoms with Gasteiger partial charge in [0, 0.05) is 38.6 Å². The highest BCUT2D eigenvalue weighted by Gasteiger charge is 2.31. The third-order valence-corrected chi connectivity index (χ3v) is 5.27. The molecular weight excluding hydrogens is 368 g/mol. The van der Waals surface area contributed by atoms with Gasteiger partial charge in [0.25, 0.3) is 0 Å². The fourth-order valence-electron chi connectivity index (χ4n) is 3.54. The van der Waals surface area contributed by atoms with Crippen LogP contribution in [0.15, 0.2) is 30.3 Å². The molecule has 2 N–H and O–H groups in total. The first-order valence-electron chi connectivity index (χ1n) is 10.6. The molecule has 0 spiro atoms. The monoisotopic (exact) mass is 400 g/mol. The summed E-state index contributed by atoms with van der Waals surface area (Å²) in [6, 6.07) is 9.08.